The Bertz CT molecular complexity index is 1540. The summed E-state index contributed by atoms with van der Waals surface area (Å²) in [5, 5.41) is 0.673. The van der Waals surface area contributed by atoms with Gasteiger partial charge in [-0.25, -0.2) is 19.3 Å². The predicted molar refractivity (Wildman–Crippen MR) is 123 cm³/mol. The van der Waals surface area contributed by atoms with E-state index in [0.717, 1.165) is 22.1 Å². The first-order chi connectivity index (χ1) is 15.5. The van der Waals surface area contributed by atoms with Gasteiger partial charge >= 0.3 is 0 Å². The number of nitrogens with zero attached hydrogens (tertiary/aromatic N) is 3. The third kappa shape index (κ3) is 4.00. The number of benzene rings is 2. The second-order valence-corrected chi connectivity index (χ2v) is 11.0. The highest BCUT2D eigenvalue weighted by molar-refractivity contribution is 7.85. The van der Waals surface area contributed by atoms with E-state index in [1.54, 1.807) is 13.1 Å². The van der Waals surface area contributed by atoms with Crippen LogP contribution in [0.4, 0.5) is 4.39 Å². The lowest BCUT2D eigenvalue weighted by molar-refractivity contribution is 0.0561. The van der Waals surface area contributed by atoms with Crippen LogP contribution in [0, 0.1) is 12.7 Å². The average Bonchev–Trinajstić information content (AvgIpc) is 3.32. The van der Waals surface area contributed by atoms with Gasteiger partial charge in [-0.2, -0.15) is 8.42 Å². The molecule has 11 heteroatoms. The maximum atomic E-state index is 14.9. The van der Waals surface area contributed by atoms with Gasteiger partial charge in [0.1, 0.15) is 17.2 Å². The average molecular weight is 490 g/mol. The van der Waals surface area contributed by atoms with E-state index in [9.17, 15) is 12.8 Å². The lowest BCUT2D eigenvalue weighted by Gasteiger charge is -2.22. The highest BCUT2D eigenvalue weighted by atomic mass is 32.2. The molecule has 3 heterocycles. The molecule has 0 fully saturated rings. The molecule has 2 aromatic heterocycles. The largest absolute Gasteiger partial charge is 0.481 e. The van der Waals surface area contributed by atoms with E-state index in [2.05, 4.69) is 15.0 Å². The molecular weight excluding hydrogens is 469 g/mol. The number of rotatable bonds is 5. The van der Waals surface area contributed by atoms with E-state index in [4.69, 9.17) is 13.7 Å². The normalized spacial score (nSPS) is 18.0. The lowest BCUT2D eigenvalue weighted by atomic mass is 10.00. The molecule has 2 aromatic carbocycles. The fourth-order valence-electron chi connectivity index (χ4n) is 3.94. The Labute approximate surface area is 193 Å². The molecule has 0 unspecified atom stereocenters. The number of ether oxygens (including phenoxy) is 2. The number of fused-ring (bicyclic) bond motifs is 4. The van der Waals surface area contributed by atoms with Crippen LogP contribution in [0.3, 0.4) is 0 Å². The second-order valence-electron chi connectivity index (χ2n) is 8.32. The maximum absolute atomic E-state index is 14.9. The Kier molecular flexibility index (Phi) is 5.03. The molecule has 0 spiro atoms. The first-order valence-electron chi connectivity index (χ1n) is 10.0. The van der Waals surface area contributed by atoms with Crippen LogP contribution in [0.1, 0.15) is 18.1 Å². The fraction of sp³-hybridized carbons (Fsp3) is 0.318. The molecule has 0 bridgehead atoms. The Balaban J connectivity index is 1.62. The molecular formula is C22H20FN3O5S2. The Morgan fingerprint density at radius 3 is 2.76 bits per heavy atom. The molecule has 172 valence electrons. The lowest BCUT2D eigenvalue weighted by Crippen LogP contribution is -2.37. The summed E-state index contributed by atoms with van der Waals surface area (Å²) in [5.74, 6) is -0.0250. The van der Waals surface area contributed by atoms with Gasteiger partial charge in [0, 0.05) is 23.6 Å². The molecule has 0 amide bonds. The van der Waals surface area contributed by atoms with Crippen LogP contribution in [0.2, 0.25) is 0 Å². The topological polar surface area (TPSA) is 101 Å². The molecule has 1 aliphatic rings. The van der Waals surface area contributed by atoms with Gasteiger partial charge in [0.2, 0.25) is 5.88 Å². The zero-order valence-corrected chi connectivity index (χ0v) is 19.9. The number of hydrogen-bond acceptors (Lipinski definition) is 9. The van der Waals surface area contributed by atoms with Crippen molar-refractivity contribution in [3.05, 3.63) is 41.3 Å². The molecule has 5 rings (SSSR count). The molecule has 8 nitrogen and oxygen atoms in total. The van der Waals surface area contributed by atoms with E-state index in [-0.39, 0.29) is 12.4 Å². The molecule has 1 aliphatic heterocycles. The van der Waals surface area contributed by atoms with Gasteiger partial charge in [-0.1, -0.05) is 0 Å². The van der Waals surface area contributed by atoms with E-state index in [1.165, 1.54) is 24.5 Å². The number of hydrogen-bond donors (Lipinski definition) is 0. The number of halogens is 1. The molecule has 4 aromatic rings. The van der Waals surface area contributed by atoms with Crippen molar-refractivity contribution < 1.29 is 26.5 Å². The summed E-state index contributed by atoms with van der Waals surface area (Å²) in [4.78, 5) is 13.7. The minimum Gasteiger partial charge on any atom is -0.481 e. The molecule has 0 saturated heterocycles. The molecule has 33 heavy (non-hydrogen) atoms. The minimum absolute atomic E-state index is 0.107. The summed E-state index contributed by atoms with van der Waals surface area (Å²) in [5.41, 5.74) is 3.25. The van der Waals surface area contributed by atoms with Crippen LogP contribution in [0.15, 0.2) is 24.4 Å². The smallest absolute Gasteiger partial charge is 0.264 e. The van der Waals surface area contributed by atoms with E-state index in [0.29, 0.717) is 39.4 Å². The number of thiazole rings is 1. The summed E-state index contributed by atoms with van der Waals surface area (Å²) in [6.07, 6.45) is 2.81. The minimum atomic E-state index is -3.66. The highest BCUT2D eigenvalue weighted by Gasteiger charge is 2.40. The van der Waals surface area contributed by atoms with Crippen LogP contribution in [-0.4, -0.2) is 48.9 Å². The molecule has 0 saturated carbocycles. The molecule has 0 radical (unpaired) electrons. The number of aryl methyl sites for hydroxylation is 1. The Hall–Kier alpha value is -2.89. The third-order valence-electron chi connectivity index (χ3n) is 5.37. The number of aromatic nitrogens is 3. The van der Waals surface area contributed by atoms with Crippen molar-refractivity contribution in [2.45, 2.75) is 25.9 Å². The van der Waals surface area contributed by atoms with Gasteiger partial charge in [-0.3, -0.25) is 4.18 Å². The quantitative estimate of drug-likeness (QED) is 0.387. The molecule has 1 atom stereocenters. The zero-order chi connectivity index (χ0) is 23.5. The van der Waals surface area contributed by atoms with Crippen molar-refractivity contribution in [1.82, 2.24) is 15.0 Å². The van der Waals surface area contributed by atoms with Gasteiger partial charge in [0.05, 0.1) is 40.8 Å². The summed E-state index contributed by atoms with van der Waals surface area (Å²) in [6.45, 7) is 3.44. The maximum Gasteiger partial charge on any atom is 0.264 e. The standard InChI is InChI=1S/C22H20FN3O5S2/c1-11-5-12(18-15(6-11)25-17(29-3)9-24-18)21-26-16-7-14(23)19-13(20(16)32-21)8-22(2,31-19)10-30-33(4,27)28/h5-7,9H,8,10H2,1-4H3/t22-/m0/s1. The summed E-state index contributed by atoms with van der Waals surface area (Å²) >= 11 is 1.41. The monoisotopic (exact) mass is 489 g/mol. The SMILES string of the molecule is COc1cnc2c(-c3nc4cc(F)c5c(c4s3)C[C@@](C)(COS(C)(=O)=O)O5)cc(C)cc2n1. The summed E-state index contributed by atoms with van der Waals surface area (Å²) < 4.78 is 54.5. The Morgan fingerprint density at radius 2 is 2.03 bits per heavy atom. The van der Waals surface area contributed by atoms with Crippen LogP contribution in [0.25, 0.3) is 31.8 Å². The van der Waals surface area contributed by atoms with Gasteiger partial charge in [-0.05, 0) is 31.5 Å². The van der Waals surface area contributed by atoms with Crippen molar-refractivity contribution in [2.75, 3.05) is 20.0 Å². The van der Waals surface area contributed by atoms with Gasteiger partial charge in [0.15, 0.2) is 11.6 Å². The number of methoxy groups -OCH3 is 1. The van der Waals surface area contributed by atoms with Crippen molar-refractivity contribution in [2.24, 2.45) is 0 Å². The summed E-state index contributed by atoms with van der Waals surface area (Å²) in [7, 11) is -2.12. The van der Waals surface area contributed by atoms with Crippen LogP contribution in [0.5, 0.6) is 11.6 Å². The van der Waals surface area contributed by atoms with E-state index in [1.807, 2.05) is 19.1 Å². The van der Waals surface area contributed by atoms with Crippen molar-refractivity contribution >= 4 is 42.7 Å². The first-order valence-corrected chi connectivity index (χ1v) is 12.7. The van der Waals surface area contributed by atoms with Gasteiger partial charge < -0.3 is 9.47 Å². The van der Waals surface area contributed by atoms with E-state index >= 15 is 0 Å². The van der Waals surface area contributed by atoms with Crippen LogP contribution >= 0.6 is 11.3 Å². The van der Waals surface area contributed by atoms with E-state index < -0.39 is 21.5 Å². The highest BCUT2D eigenvalue weighted by Crippen LogP contribution is 2.45. The van der Waals surface area contributed by atoms with Crippen molar-refractivity contribution in [3.63, 3.8) is 0 Å². The first kappa shape index (κ1) is 21.9. The predicted octanol–water partition coefficient (Wildman–Crippen LogP) is 4.03. The van der Waals surface area contributed by atoms with Crippen molar-refractivity contribution in [1.29, 1.82) is 0 Å². The van der Waals surface area contributed by atoms with Crippen molar-refractivity contribution in [3.8, 4) is 22.2 Å². The fourth-order valence-corrected chi connectivity index (χ4v) is 5.51. The van der Waals surface area contributed by atoms with Gasteiger partial charge in [-0.15, -0.1) is 11.3 Å². The van der Waals surface area contributed by atoms with Crippen LogP contribution in [-0.2, 0) is 20.7 Å². The third-order valence-corrected chi connectivity index (χ3v) is 7.08. The summed E-state index contributed by atoms with van der Waals surface area (Å²) in [6, 6.07) is 5.22. The Morgan fingerprint density at radius 1 is 1.24 bits per heavy atom. The molecule has 0 aliphatic carbocycles. The molecule has 0 N–H and O–H groups in total. The van der Waals surface area contributed by atoms with Crippen LogP contribution < -0.4 is 9.47 Å². The zero-order valence-electron chi connectivity index (χ0n) is 18.3. The van der Waals surface area contributed by atoms with Gasteiger partial charge in [0.25, 0.3) is 10.1 Å². The second kappa shape index (κ2) is 7.57.